The number of thiazole rings is 1. The van der Waals surface area contributed by atoms with Gasteiger partial charge in [0.2, 0.25) is 6.10 Å². The number of amides is 1. The number of methoxy groups -OCH3 is 1. The summed E-state index contributed by atoms with van der Waals surface area (Å²) >= 11 is 1.30. The van der Waals surface area contributed by atoms with Crippen LogP contribution in [0.15, 0.2) is 65.6 Å². The van der Waals surface area contributed by atoms with Crippen LogP contribution < -0.4 is 14.8 Å². The van der Waals surface area contributed by atoms with E-state index in [1.54, 1.807) is 50.4 Å². The molecule has 1 amide bonds. The van der Waals surface area contributed by atoms with Gasteiger partial charge in [0.15, 0.2) is 15.0 Å². The average molecular weight is 522 g/mol. The number of nitriles is 1. The maximum Gasteiger partial charge on any atom is 0.271 e. The predicted molar refractivity (Wildman–Crippen MR) is 138 cm³/mol. The first-order chi connectivity index (χ1) is 17.2. The summed E-state index contributed by atoms with van der Waals surface area (Å²) in [6, 6.07) is 18.2. The van der Waals surface area contributed by atoms with Gasteiger partial charge in [0.05, 0.1) is 39.6 Å². The Kier molecular flexibility index (Phi) is 7.24. The Balaban J connectivity index is 1.66. The zero-order valence-corrected chi connectivity index (χ0v) is 21.4. The van der Waals surface area contributed by atoms with Crippen LogP contribution in [0.3, 0.4) is 0 Å². The fourth-order valence-electron chi connectivity index (χ4n) is 3.54. The number of hydrogen-bond acceptors (Lipinski definition) is 8. The molecule has 8 nitrogen and oxygen atoms in total. The molecule has 1 atom stereocenters. The second kappa shape index (κ2) is 10.4. The van der Waals surface area contributed by atoms with Gasteiger partial charge in [-0.25, -0.2) is 13.4 Å². The third-order valence-corrected chi connectivity index (χ3v) is 8.22. The number of carbonyl (C=O) groups is 1. The van der Waals surface area contributed by atoms with Crippen LogP contribution in [0.1, 0.15) is 29.7 Å². The number of aromatic nitrogens is 1. The minimum Gasteiger partial charge on any atom is -0.496 e. The van der Waals surface area contributed by atoms with Gasteiger partial charge < -0.3 is 9.47 Å². The summed E-state index contributed by atoms with van der Waals surface area (Å²) in [5, 5.41) is 12.3. The third kappa shape index (κ3) is 5.32. The number of hydrogen-bond donors (Lipinski definition) is 1. The van der Waals surface area contributed by atoms with E-state index in [1.807, 2.05) is 25.1 Å². The predicted octanol–water partition coefficient (Wildman–Crippen LogP) is 5.04. The number of carbonyl (C=O) groups excluding carboxylic acids is 1. The van der Waals surface area contributed by atoms with Gasteiger partial charge in [-0.1, -0.05) is 30.4 Å². The lowest BCUT2D eigenvalue weighted by Crippen LogP contribution is -2.25. The van der Waals surface area contributed by atoms with Crippen molar-refractivity contribution in [2.75, 3.05) is 18.2 Å². The topological polar surface area (TPSA) is 118 Å². The summed E-state index contributed by atoms with van der Waals surface area (Å²) in [6.45, 7) is 3.49. The highest BCUT2D eigenvalue weighted by molar-refractivity contribution is 7.91. The molecule has 0 saturated heterocycles. The van der Waals surface area contributed by atoms with E-state index in [2.05, 4.69) is 10.3 Å². The van der Waals surface area contributed by atoms with E-state index >= 15 is 0 Å². The van der Waals surface area contributed by atoms with Crippen LogP contribution in [0.4, 0.5) is 5.13 Å². The molecule has 0 radical (unpaired) electrons. The standard InChI is InChI=1S/C26H23N3O5S2/c1-4-36(31,32)20-11-7-18(8-12-20)24(34-19-9-5-17(15-27)6-10-19)25(30)29-26-28-21-13-16(2)22(33-3)14-23(21)35-26/h5-14,24H,4H2,1-3H3,(H,28,29,30). The molecule has 36 heavy (non-hydrogen) atoms. The SMILES string of the molecule is CCS(=O)(=O)c1ccc(C(Oc2ccc(C#N)cc2)C(=O)Nc2nc3cc(C)c(OC)cc3s2)cc1. The van der Waals surface area contributed by atoms with Crippen molar-refractivity contribution in [2.45, 2.75) is 24.8 Å². The number of rotatable bonds is 8. The highest BCUT2D eigenvalue weighted by Crippen LogP contribution is 2.33. The first-order valence-electron chi connectivity index (χ1n) is 11.0. The molecule has 0 aliphatic rings. The summed E-state index contributed by atoms with van der Waals surface area (Å²) in [7, 11) is -1.79. The zero-order valence-electron chi connectivity index (χ0n) is 19.8. The van der Waals surface area contributed by atoms with Crippen LogP contribution in [0.5, 0.6) is 11.5 Å². The Labute approximate surface area is 213 Å². The van der Waals surface area contributed by atoms with Crippen molar-refractivity contribution in [1.82, 2.24) is 4.98 Å². The van der Waals surface area contributed by atoms with Gasteiger partial charge in [-0.3, -0.25) is 10.1 Å². The summed E-state index contributed by atoms with van der Waals surface area (Å²) in [4.78, 5) is 18.1. The van der Waals surface area contributed by atoms with Crippen molar-refractivity contribution in [2.24, 2.45) is 0 Å². The fraction of sp³-hybridized carbons (Fsp3) is 0.192. The molecule has 1 N–H and O–H groups in total. The Bertz CT molecular complexity index is 1550. The normalized spacial score (nSPS) is 12.1. The minimum absolute atomic E-state index is 0.0279. The summed E-state index contributed by atoms with van der Waals surface area (Å²) in [6.07, 6.45) is -1.10. The minimum atomic E-state index is -3.39. The highest BCUT2D eigenvalue weighted by atomic mass is 32.2. The van der Waals surface area contributed by atoms with Crippen molar-refractivity contribution >= 4 is 42.4 Å². The molecule has 0 fully saturated rings. The average Bonchev–Trinajstić information content (AvgIpc) is 3.27. The third-order valence-electron chi connectivity index (χ3n) is 5.53. The van der Waals surface area contributed by atoms with Crippen molar-refractivity contribution in [1.29, 1.82) is 5.26 Å². The molecule has 0 spiro atoms. The molecule has 3 aromatic carbocycles. The Hall–Kier alpha value is -3.94. The zero-order chi connectivity index (χ0) is 25.9. The smallest absolute Gasteiger partial charge is 0.271 e. The van der Waals surface area contributed by atoms with Crippen LogP contribution in [0.2, 0.25) is 0 Å². The number of sulfone groups is 1. The maximum absolute atomic E-state index is 13.4. The molecule has 4 aromatic rings. The molecule has 0 aliphatic heterocycles. The number of anilines is 1. The molecule has 0 saturated carbocycles. The van der Waals surface area contributed by atoms with E-state index in [-0.39, 0.29) is 10.6 Å². The number of nitrogens with zero attached hydrogens (tertiary/aromatic N) is 2. The molecular weight excluding hydrogens is 498 g/mol. The molecular formula is C26H23N3O5S2. The highest BCUT2D eigenvalue weighted by Gasteiger charge is 2.25. The van der Waals surface area contributed by atoms with Crippen molar-refractivity contribution < 1.29 is 22.7 Å². The Morgan fingerprint density at radius 3 is 2.44 bits per heavy atom. The van der Waals surface area contributed by atoms with Gasteiger partial charge in [0.25, 0.3) is 5.91 Å². The van der Waals surface area contributed by atoms with Crippen molar-refractivity contribution in [3.63, 3.8) is 0 Å². The lowest BCUT2D eigenvalue weighted by atomic mass is 10.1. The fourth-order valence-corrected chi connectivity index (χ4v) is 5.30. The number of nitrogens with one attached hydrogen (secondary N) is 1. The van der Waals surface area contributed by atoms with Gasteiger partial charge >= 0.3 is 0 Å². The summed E-state index contributed by atoms with van der Waals surface area (Å²) in [5.41, 5.74) is 2.58. The van der Waals surface area contributed by atoms with E-state index in [0.717, 1.165) is 21.5 Å². The van der Waals surface area contributed by atoms with Gasteiger partial charge in [-0.05, 0) is 61.0 Å². The quantitative estimate of drug-likeness (QED) is 0.345. The Morgan fingerprint density at radius 2 is 1.83 bits per heavy atom. The van der Waals surface area contributed by atoms with Crippen LogP contribution >= 0.6 is 11.3 Å². The molecule has 10 heteroatoms. The van der Waals surface area contributed by atoms with E-state index in [9.17, 15) is 13.2 Å². The van der Waals surface area contributed by atoms with E-state index in [4.69, 9.17) is 14.7 Å². The number of fused-ring (bicyclic) bond motifs is 1. The van der Waals surface area contributed by atoms with Crippen molar-refractivity contribution in [3.8, 4) is 17.6 Å². The first-order valence-corrected chi connectivity index (χ1v) is 13.5. The molecule has 1 aromatic heterocycles. The van der Waals surface area contributed by atoms with E-state index < -0.39 is 21.8 Å². The van der Waals surface area contributed by atoms with Gasteiger partial charge in [-0.15, -0.1) is 0 Å². The van der Waals surface area contributed by atoms with E-state index in [0.29, 0.717) is 22.0 Å². The lowest BCUT2D eigenvalue weighted by Gasteiger charge is -2.19. The molecule has 0 aliphatic carbocycles. The summed E-state index contributed by atoms with van der Waals surface area (Å²) in [5.74, 6) is 0.602. The van der Waals surface area contributed by atoms with Gasteiger partial charge in [-0.2, -0.15) is 5.26 Å². The second-order valence-electron chi connectivity index (χ2n) is 7.90. The molecule has 0 bridgehead atoms. The van der Waals surface area contributed by atoms with Gasteiger partial charge in [0, 0.05) is 5.56 Å². The Morgan fingerprint density at radius 1 is 1.14 bits per heavy atom. The van der Waals surface area contributed by atoms with Crippen molar-refractivity contribution in [3.05, 3.63) is 77.4 Å². The van der Waals surface area contributed by atoms with Crippen LogP contribution in [0.25, 0.3) is 10.2 Å². The van der Waals surface area contributed by atoms with Gasteiger partial charge in [0.1, 0.15) is 11.5 Å². The first kappa shape index (κ1) is 25.2. The number of ether oxygens (including phenoxy) is 2. The maximum atomic E-state index is 13.4. The number of aryl methyl sites for hydroxylation is 1. The van der Waals surface area contributed by atoms with Crippen LogP contribution in [-0.2, 0) is 14.6 Å². The van der Waals surface area contributed by atoms with E-state index in [1.165, 1.54) is 23.5 Å². The van der Waals surface area contributed by atoms with Crippen LogP contribution in [-0.4, -0.2) is 32.2 Å². The molecule has 1 heterocycles. The second-order valence-corrected chi connectivity index (χ2v) is 11.2. The number of benzene rings is 3. The summed E-state index contributed by atoms with van der Waals surface area (Å²) < 4.78 is 36.6. The molecule has 184 valence electrons. The lowest BCUT2D eigenvalue weighted by molar-refractivity contribution is -0.123. The largest absolute Gasteiger partial charge is 0.496 e. The monoisotopic (exact) mass is 521 g/mol. The molecule has 4 rings (SSSR count). The van der Waals surface area contributed by atoms with Crippen LogP contribution in [0, 0.1) is 18.3 Å². The molecule has 1 unspecified atom stereocenters.